The highest BCUT2D eigenvalue weighted by atomic mass is 16.1. The molecule has 1 aliphatic carbocycles. The summed E-state index contributed by atoms with van der Waals surface area (Å²) in [5.41, 5.74) is 0.517. The Morgan fingerprint density at radius 1 is 1.09 bits per heavy atom. The third kappa shape index (κ3) is 6.42. The van der Waals surface area contributed by atoms with Crippen molar-refractivity contribution in [2.24, 2.45) is 11.3 Å². The molecule has 0 atom stereocenters. The molecule has 1 amide bonds. The van der Waals surface area contributed by atoms with Gasteiger partial charge >= 0.3 is 0 Å². The van der Waals surface area contributed by atoms with Crippen LogP contribution in [0.5, 0.6) is 0 Å². The van der Waals surface area contributed by atoms with Crippen LogP contribution in [0, 0.1) is 11.3 Å². The lowest BCUT2D eigenvalue weighted by molar-refractivity contribution is -0.144. The number of carbonyl (C=O) groups excluding carboxylic acids is 1. The summed E-state index contributed by atoms with van der Waals surface area (Å²) >= 11 is 0. The lowest BCUT2D eigenvalue weighted by Crippen LogP contribution is -2.63. The van der Waals surface area contributed by atoms with E-state index in [0.717, 1.165) is 38.9 Å². The Morgan fingerprint density at radius 2 is 1.74 bits per heavy atom. The highest BCUT2D eigenvalue weighted by molar-refractivity contribution is 5.79. The molecule has 0 aromatic carbocycles. The van der Waals surface area contributed by atoms with Gasteiger partial charge in [0.15, 0.2) is 0 Å². The molecule has 1 spiro atoms. The second kappa shape index (κ2) is 11.0. The van der Waals surface area contributed by atoms with Gasteiger partial charge in [-0.15, -0.1) is 0 Å². The van der Waals surface area contributed by atoms with Crippen molar-refractivity contribution in [3.63, 3.8) is 0 Å². The Labute approximate surface area is 143 Å². The molecule has 0 bridgehead atoms. The van der Waals surface area contributed by atoms with Crippen LogP contribution in [0.15, 0.2) is 0 Å². The third-order valence-electron chi connectivity index (χ3n) is 4.97. The first-order chi connectivity index (χ1) is 11.2. The number of carbonyl (C=O) groups is 1. The number of unbranched alkanes of at least 4 members (excludes halogenated alkanes) is 2. The van der Waals surface area contributed by atoms with Crippen LogP contribution in [-0.4, -0.2) is 50.1 Å². The first-order valence-corrected chi connectivity index (χ1v) is 9.90. The van der Waals surface area contributed by atoms with E-state index in [1.165, 1.54) is 38.9 Å². The van der Waals surface area contributed by atoms with Crippen molar-refractivity contribution in [2.45, 2.75) is 66.2 Å². The highest BCUT2D eigenvalue weighted by Gasteiger charge is 2.53. The number of nitrogens with one attached hydrogen (secondary N) is 2. The molecule has 1 saturated carbocycles. The minimum absolute atomic E-state index is 0.301. The van der Waals surface area contributed by atoms with Crippen LogP contribution in [0.1, 0.15) is 66.2 Å². The maximum atomic E-state index is 12.1. The summed E-state index contributed by atoms with van der Waals surface area (Å²) < 4.78 is 0. The SMILES string of the molecule is CC.CCCN1CC2(CC(C(=O)NCCCCCNCC)C2)C1. The van der Waals surface area contributed by atoms with Crippen molar-refractivity contribution in [1.82, 2.24) is 15.5 Å². The monoisotopic (exact) mass is 325 g/mol. The number of rotatable bonds is 10. The molecule has 2 rings (SSSR count). The van der Waals surface area contributed by atoms with Crippen LogP contribution in [0.3, 0.4) is 0 Å². The largest absolute Gasteiger partial charge is 0.356 e. The zero-order valence-corrected chi connectivity index (χ0v) is 15.9. The summed E-state index contributed by atoms with van der Waals surface area (Å²) in [6.07, 6.45) is 7.02. The van der Waals surface area contributed by atoms with Crippen LogP contribution in [0.25, 0.3) is 0 Å². The van der Waals surface area contributed by atoms with E-state index in [-0.39, 0.29) is 0 Å². The van der Waals surface area contributed by atoms with Crippen LogP contribution >= 0.6 is 0 Å². The minimum atomic E-state index is 0.301. The average molecular weight is 326 g/mol. The van der Waals surface area contributed by atoms with Gasteiger partial charge in [0, 0.05) is 25.6 Å². The van der Waals surface area contributed by atoms with Gasteiger partial charge in [-0.3, -0.25) is 4.79 Å². The quantitative estimate of drug-likeness (QED) is 0.607. The lowest BCUT2D eigenvalue weighted by Gasteiger charge is -2.58. The first-order valence-electron chi connectivity index (χ1n) is 9.90. The van der Waals surface area contributed by atoms with Crippen molar-refractivity contribution < 1.29 is 4.79 Å². The minimum Gasteiger partial charge on any atom is -0.356 e. The molecule has 1 saturated heterocycles. The van der Waals surface area contributed by atoms with Crippen molar-refractivity contribution >= 4 is 5.91 Å². The predicted octanol–water partition coefficient (Wildman–Crippen LogP) is 3.03. The molecule has 0 aromatic heterocycles. The number of hydrogen-bond acceptors (Lipinski definition) is 3. The molecule has 4 heteroatoms. The topological polar surface area (TPSA) is 44.4 Å². The second-order valence-corrected chi connectivity index (χ2v) is 7.02. The van der Waals surface area contributed by atoms with E-state index in [2.05, 4.69) is 29.4 Å². The van der Waals surface area contributed by atoms with Crippen molar-refractivity contribution in [2.75, 3.05) is 39.3 Å². The van der Waals surface area contributed by atoms with Crippen molar-refractivity contribution in [3.05, 3.63) is 0 Å². The van der Waals surface area contributed by atoms with E-state index in [9.17, 15) is 4.79 Å². The van der Waals surface area contributed by atoms with Gasteiger partial charge in [0.05, 0.1) is 0 Å². The zero-order valence-electron chi connectivity index (χ0n) is 15.9. The Balaban J connectivity index is 0.00000127. The number of hydrogen-bond donors (Lipinski definition) is 2. The maximum absolute atomic E-state index is 12.1. The Hall–Kier alpha value is -0.610. The molecule has 1 heterocycles. The van der Waals surface area contributed by atoms with E-state index in [1.807, 2.05) is 13.8 Å². The van der Waals surface area contributed by atoms with Gasteiger partial charge in [0.2, 0.25) is 5.91 Å². The van der Waals surface area contributed by atoms with Crippen LogP contribution < -0.4 is 10.6 Å². The van der Waals surface area contributed by atoms with Gasteiger partial charge in [-0.2, -0.15) is 0 Å². The number of nitrogens with zero attached hydrogens (tertiary/aromatic N) is 1. The predicted molar refractivity (Wildman–Crippen MR) is 98.6 cm³/mol. The molecule has 0 radical (unpaired) electrons. The number of likely N-dealkylation sites (tertiary alicyclic amines) is 1. The van der Waals surface area contributed by atoms with Gasteiger partial charge in [-0.05, 0) is 57.2 Å². The fraction of sp³-hybridized carbons (Fsp3) is 0.947. The Morgan fingerprint density at radius 3 is 2.35 bits per heavy atom. The van der Waals surface area contributed by atoms with Crippen molar-refractivity contribution in [3.8, 4) is 0 Å². The molecule has 2 N–H and O–H groups in total. The Kier molecular flexibility index (Phi) is 9.80. The summed E-state index contributed by atoms with van der Waals surface area (Å²) in [6, 6.07) is 0. The van der Waals surface area contributed by atoms with Gasteiger partial charge in [0.1, 0.15) is 0 Å². The van der Waals surface area contributed by atoms with Crippen LogP contribution in [-0.2, 0) is 4.79 Å². The standard InChI is InChI=1S/C17H33N3O.C2H6/c1-3-10-20-13-17(14-20)11-15(12-17)16(21)19-9-7-5-6-8-18-4-2;1-2/h15,18H,3-14H2,1-2H3,(H,19,21);1-2H3. The van der Waals surface area contributed by atoms with E-state index in [0.29, 0.717) is 17.2 Å². The van der Waals surface area contributed by atoms with E-state index >= 15 is 0 Å². The van der Waals surface area contributed by atoms with Gasteiger partial charge in [-0.25, -0.2) is 0 Å². The summed E-state index contributed by atoms with van der Waals surface area (Å²) in [4.78, 5) is 14.6. The van der Waals surface area contributed by atoms with Gasteiger partial charge in [-0.1, -0.05) is 34.1 Å². The smallest absolute Gasteiger partial charge is 0.223 e. The molecule has 0 aromatic rings. The Bertz CT molecular complexity index is 319. The van der Waals surface area contributed by atoms with Crippen molar-refractivity contribution in [1.29, 1.82) is 0 Å². The summed E-state index contributed by atoms with van der Waals surface area (Å²) in [6.45, 7) is 15.1. The molecule has 23 heavy (non-hydrogen) atoms. The molecule has 2 fully saturated rings. The summed E-state index contributed by atoms with van der Waals surface area (Å²) in [5.74, 6) is 0.608. The van der Waals surface area contributed by atoms with E-state index < -0.39 is 0 Å². The maximum Gasteiger partial charge on any atom is 0.223 e. The first kappa shape index (κ1) is 20.4. The second-order valence-electron chi connectivity index (χ2n) is 7.02. The molecule has 136 valence electrons. The third-order valence-corrected chi connectivity index (χ3v) is 4.97. The molecule has 2 aliphatic rings. The molecular formula is C19H39N3O. The van der Waals surface area contributed by atoms with Crippen LogP contribution in [0.2, 0.25) is 0 Å². The molecule has 4 nitrogen and oxygen atoms in total. The van der Waals surface area contributed by atoms with Gasteiger partial charge < -0.3 is 15.5 Å². The van der Waals surface area contributed by atoms with Gasteiger partial charge in [0.25, 0.3) is 0 Å². The summed E-state index contributed by atoms with van der Waals surface area (Å²) in [5, 5.41) is 6.45. The number of amides is 1. The average Bonchev–Trinajstić information content (AvgIpc) is 2.49. The van der Waals surface area contributed by atoms with E-state index in [4.69, 9.17) is 0 Å². The fourth-order valence-corrected chi connectivity index (χ4v) is 3.89. The fourth-order valence-electron chi connectivity index (χ4n) is 3.89. The van der Waals surface area contributed by atoms with E-state index in [1.54, 1.807) is 0 Å². The highest BCUT2D eigenvalue weighted by Crippen LogP contribution is 2.51. The summed E-state index contributed by atoms with van der Waals surface area (Å²) in [7, 11) is 0. The lowest BCUT2D eigenvalue weighted by atomic mass is 9.57. The normalized spacial score (nSPS) is 19.5. The zero-order chi connectivity index (χ0) is 17.1. The molecular weight excluding hydrogens is 286 g/mol. The molecule has 0 unspecified atom stereocenters. The molecule has 1 aliphatic heterocycles. The van der Waals surface area contributed by atoms with Crippen LogP contribution in [0.4, 0.5) is 0 Å².